The SMILES string of the molecule is CCN1CCC(C(=O)c2ccc(C(C)(C)C)cc2)CC1. The fourth-order valence-corrected chi connectivity index (χ4v) is 2.88. The van der Waals surface area contributed by atoms with E-state index in [2.05, 4.69) is 44.7 Å². The van der Waals surface area contributed by atoms with Crippen molar-refractivity contribution < 1.29 is 4.79 Å². The van der Waals surface area contributed by atoms with Gasteiger partial charge in [0.2, 0.25) is 0 Å². The molecule has 0 N–H and O–H groups in total. The lowest BCUT2D eigenvalue weighted by atomic mass is 9.84. The Labute approximate surface area is 123 Å². The van der Waals surface area contributed by atoms with Gasteiger partial charge in [-0.25, -0.2) is 0 Å². The quantitative estimate of drug-likeness (QED) is 0.779. The third-order valence-electron chi connectivity index (χ3n) is 4.44. The molecule has 0 spiro atoms. The van der Waals surface area contributed by atoms with E-state index in [-0.39, 0.29) is 11.3 Å². The highest BCUT2D eigenvalue weighted by Gasteiger charge is 2.25. The zero-order chi connectivity index (χ0) is 14.8. The van der Waals surface area contributed by atoms with Crippen molar-refractivity contribution in [1.82, 2.24) is 4.90 Å². The number of nitrogens with zero attached hydrogens (tertiary/aromatic N) is 1. The van der Waals surface area contributed by atoms with Crippen LogP contribution in [0.25, 0.3) is 0 Å². The van der Waals surface area contributed by atoms with E-state index < -0.39 is 0 Å². The Morgan fingerprint density at radius 3 is 2.15 bits per heavy atom. The highest BCUT2D eigenvalue weighted by molar-refractivity contribution is 5.97. The van der Waals surface area contributed by atoms with Crippen molar-refractivity contribution in [3.05, 3.63) is 35.4 Å². The predicted octanol–water partition coefficient (Wildman–Crippen LogP) is 3.90. The van der Waals surface area contributed by atoms with Crippen LogP contribution in [0.2, 0.25) is 0 Å². The zero-order valence-electron chi connectivity index (χ0n) is 13.3. The number of likely N-dealkylation sites (tertiary alicyclic amines) is 1. The van der Waals surface area contributed by atoms with Crippen LogP contribution in [0, 0.1) is 5.92 Å². The van der Waals surface area contributed by atoms with Crippen molar-refractivity contribution in [3.8, 4) is 0 Å². The topological polar surface area (TPSA) is 20.3 Å². The van der Waals surface area contributed by atoms with Gasteiger partial charge in [-0.2, -0.15) is 0 Å². The third kappa shape index (κ3) is 3.49. The maximum absolute atomic E-state index is 12.5. The molecular weight excluding hydrogens is 246 g/mol. The lowest BCUT2D eigenvalue weighted by Crippen LogP contribution is -2.36. The van der Waals surface area contributed by atoms with Crippen LogP contribution in [0.3, 0.4) is 0 Å². The minimum absolute atomic E-state index is 0.147. The molecule has 0 saturated carbocycles. The molecule has 0 amide bonds. The van der Waals surface area contributed by atoms with Crippen molar-refractivity contribution >= 4 is 5.78 Å². The van der Waals surface area contributed by atoms with Crippen molar-refractivity contribution in [1.29, 1.82) is 0 Å². The van der Waals surface area contributed by atoms with Gasteiger partial charge < -0.3 is 4.90 Å². The standard InChI is InChI=1S/C18H27NO/c1-5-19-12-10-15(11-13-19)17(20)14-6-8-16(9-7-14)18(2,3)4/h6-9,15H,5,10-13H2,1-4H3. The van der Waals surface area contributed by atoms with E-state index in [1.54, 1.807) is 0 Å². The minimum Gasteiger partial charge on any atom is -0.304 e. The Balaban J connectivity index is 2.03. The second kappa shape index (κ2) is 6.09. The number of piperidine rings is 1. The van der Waals surface area contributed by atoms with Gasteiger partial charge in [-0.05, 0) is 43.5 Å². The summed E-state index contributed by atoms with van der Waals surface area (Å²) in [5.41, 5.74) is 2.32. The molecule has 1 aromatic rings. The number of hydrogen-bond acceptors (Lipinski definition) is 2. The fourth-order valence-electron chi connectivity index (χ4n) is 2.88. The van der Waals surface area contributed by atoms with Crippen molar-refractivity contribution in [3.63, 3.8) is 0 Å². The van der Waals surface area contributed by atoms with Gasteiger partial charge in [0.25, 0.3) is 0 Å². The summed E-state index contributed by atoms with van der Waals surface area (Å²) in [4.78, 5) is 15.0. The Bertz CT molecular complexity index is 447. The molecule has 1 saturated heterocycles. The minimum atomic E-state index is 0.147. The molecule has 0 aromatic heterocycles. The maximum Gasteiger partial charge on any atom is 0.166 e. The monoisotopic (exact) mass is 273 g/mol. The van der Waals surface area contributed by atoms with Crippen molar-refractivity contribution in [2.75, 3.05) is 19.6 Å². The molecule has 1 heterocycles. The van der Waals surface area contributed by atoms with Crippen molar-refractivity contribution in [2.45, 2.75) is 46.0 Å². The van der Waals surface area contributed by atoms with Gasteiger partial charge in [0, 0.05) is 11.5 Å². The van der Waals surface area contributed by atoms with E-state index in [0.29, 0.717) is 5.78 Å². The van der Waals surface area contributed by atoms with E-state index in [9.17, 15) is 4.79 Å². The van der Waals surface area contributed by atoms with Gasteiger partial charge in [0.1, 0.15) is 0 Å². The first kappa shape index (κ1) is 15.2. The van der Waals surface area contributed by atoms with Gasteiger partial charge in [0.05, 0.1) is 0 Å². The predicted molar refractivity (Wildman–Crippen MR) is 84.3 cm³/mol. The molecule has 2 rings (SSSR count). The molecule has 2 heteroatoms. The molecule has 0 atom stereocenters. The first-order valence-corrected chi connectivity index (χ1v) is 7.79. The van der Waals surface area contributed by atoms with Gasteiger partial charge in [-0.3, -0.25) is 4.79 Å². The molecule has 20 heavy (non-hydrogen) atoms. The average molecular weight is 273 g/mol. The van der Waals surface area contributed by atoms with Gasteiger partial charge in [0.15, 0.2) is 5.78 Å². The Morgan fingerprint density at radius 2 is 1.70 bits per heavy atom. The number of rotatable bonds is 3. The molecule has 0 aliphatic carbocycles. The molecule has 0 unspecified atom stereocenters. The highest BCUT2D eigenvalue weighted by Crippen LogP contribution is 2.25. The normalized spacial score (nSPS) is 18.2. The molecule has 1 aliphatic rings. The number of benzene rings is 1. The third-order valence-corrected chi connectivity index (χ3v) is 4.44. The Morgan fingerprint density at radius 1 is 1.15 bits per heavy atom. The van der Waals surface area contributed by atoms with Crippen LogP contribution in [0.5, 0.6) is 0 Å². The maximum atomic E-state index is 12.5. The lowest BCUT2D eigenvalue weighted by molar-refractivity contribution is 0.0844. The van der Waals surface area contributed by atoms with E-state index in [1.807, 2.05) is 12.1 Å². The molecule has 2 nitrogen and oxygen atoms in total. The zero-order valence-corrected chi connectivity index (χ0v) is 13.3. The number of carbonyl (C=O) groups is 1. The molecule has 0 radical (unpaired) electrons. The first-order valence-electron chi connectivity index (χ1n) is 7.79. The summed E-state index contributed by atoms with van der Waals surface area (Å²) >= 11 is 0. The van der Waals surface area contributed by atoms with Crippen LogP contribution < -0.4 is 0 Å². The van der Waals surface area contributed by atoms with Gasteiger partial charge in [-0.1, -0.05) is 52.0 Å². The van der Waals surface area contributed by atoms with E-state index in [1.165, 1.54) is 5.56 Å². The molecular formula is C18H27NO. The first-order chi connectivity index (χ1) is 9.41. The smallest absolute Gasteiger partial charge is 0.166 e. The summed E-state index contributed by atoms with van der Waals surface area (Å²) in [6, 6.07) is 8.23. The van der Waals surface area contributed by atoms with E-state index >= 15 is 0 Å². The van der Waals surface area contributed by atoms with Crippen LogP contribution in [-0.4, -0.2) is 30.3 Å². The van der Waals surface area contributed by atoms with Crippen LogP contribution in [-0.2, 0) is 5.41 Å². The summed E-state index contributed by atoms with van der Waals surface area (Å²) < 4.78 is 0. The summed E-state index contributed by atoms with van der Waals surface area (Å²) in [7, 11) is 0. The van der Waals surface area contributed by atoms with E-state index in [0.717, 1.165) is 38.0 Å². The second-order valence-corrected chi connectivity index (χ2v) is 6.90. The van der Waals surface area contributed by atoms with Crippen LogP contribution >= 0.6 is 0 Å². The summed E-state index contributed by atoms with van der Waals surface area (Å²) in [6.45, 7) is 12.0. The van der Waals surface area contributed by atoms with Crippen LogP contribution in [0.1, 0.15) is 56.5 Å². The largest absolute Gasteiger partial charge is 0.304 e. The summed E-state index contributed by atoms with van der Waals surface area (Å²) in [5, 5.41) is 0. The van der Waals surface area contributed by atoms with Gasteiger partial charge >= 0.3 is 0 Å². The number of ketones is 1. The van der Waals surface area contributed by atoms with Gasteiger partial charge in [-0.15, -0.1) is 0 Å². The molecule has 0 bridgehead atoms. The average Bonchev–Trinajstić information content (AvgIpc) is 2.46. The Kier molecular flexibility index (Phi) is 4.64. The number of hydrogen-bond donors (Lipinski definition) is 0. The molecule has 1 fully saturated rings. The second-order valence-electron chi connectivity index (χ2n) is 6.90. The number of carbonyl (C=O) groups excluding carboxylic acids is 1. The molecule has 1 aromatic carbocycles. The Hall–Kier alpha value is -1.15. The molecule has 110 valence electrons. The van der Waals surface area contributed by atoms with Crippen molar-refractivity contribution in [2.24, 2.45) is 5.92 Å². The lowest BCUT2D eigenvalue weighted by Gasteiger charge is -2.30. The van der Waals surface area contributed by atoms with E-state index in [4.69, 9.17) is 0 Å². The summed E-state index contributed by atoms with van der Waals surface area (Å²) in [5.74, 6) is 0.555. The summed E-state index contributed by atoms with van der Waals surface area (Å²) in [6.07, 6.45) is 2.02. The number of Topliss-reactive ketones (excluding diaryl/α,β-unsaturated/α-hetero) is 1. The fraction of sp³-hybridized carbons (Fsp3) is 0.611. The van der Waals surface area contributed by atoms with Crippen LogP contribution in [0.15, 0.2) is 24.3 Å². The highest BCUT2D eigenvalue weighted by atomic mass is 16.1. The molecule has 1 aliphatic heterocycles. The van der Waals surface area contributed by atoms with Crippen LogP contribution in [0.4, 0.5) is 0 Å².